The van der Waals surface area contributed by atoms with Crippen molar-refractivity contribution < 1.29 is 0 Å². The first-order chi connectivity index (χ1) is 5.75. The van der Waals surface area contributed by atoms with Gasteiger partial charge in [-0.05, 0) is 6.92 Å². The van der Waals surface area contributed by atoms with Crippen molar-refractivity contribution in [1.82, 2.24) is 0 Å². The summed E-state index contributed by atoms with van der Waals surface area (Å²) in [5.74, 6) is 3.30. The molecule has 1 aliphatic rings. The molecule has 0 spiro atoms. The van der Waals surface area contributed by atoms with Gasteiger partial charge in [-0.15, -0.1) is 11.8 Å². The summed E-state index contributed by atoms with van der Waals surface area (Å²) < 4.78 is 0. The number of aliphatic imine (C=N–C) groups is 1. The highest BCUT2D eigenvalue weighted by Crippen LogP contribution is 2.30. The lowest BCUT2D eigenvalue weighted by atomic mass is 10.3. The zero-order valence-corrected chi connectivity index (χ0v) is 9.25. The Hall–Kier alpha value is 0.170. The smallest absolute Gasteiger partial charge is 0.108 e. The van der Waals surface area contributed by atoms with Crippen molar-refractivity contribution in [3.05, 3.63) is 0 Å². The Morgan fingerprint density at radius 3 is 2.75 bits per heavy atom. The average Bonchev–Trinajstić information content (AvgIpc) is 2.05. The molecular weight excluding hydrogens is 188 g/mol. The summed E-state index contributed by atoms with van der Waals surface area (Å²) in [4.78, 5) is 4.26. The summed E-state index contributed by atoms with van der Waals surface area (Å²) in [5.41, 5.74) is 5.87. The minimum Gasteiger partial charge on any atom is -0.387 e. The van der Waals surface area contributed by atoms with E-state index in [9.17, 15) is 0 Å². The number of rotatable bonds is 2. The molecule has 0 aromatic rings. The largest absolute Gasteiger partial charge is 0.387 e. The van der Waals surface area contributed by atoms with E-state index < -0.39 is 0 Å². The van der Waals surface area contributed by atoms with Crippen LogP contribution in [-0.2, 0) is 0 Å². The minimum absolute atomic E-state index is 0.448. The van der Waals surface area contributed by atoms with Crippen molar-refractivity contribution in [1.29, 1.82) is 0 Å². The van der Waals surface area contributed by atoms with Crippen LogP contribution in [0.25, 0.3) is 0 Å². The monoisotopic (exact) mass is 204 g/mol. The Labute approximate surface area is 82.8 Å². The Kier molecular flexibility index (Phi) is 4.29. The van der Waals surface area contributed by atoms with Crippen LogP contribution in [0, 0.1) is 0 Å². The van der Waals surface area contributed by atoms with E-state index >= 15 is 0 Å². The number of nitrogens with two attached hydrogens (primary N) is 1. The van der Waals surface area contributed by atoms with Gasteiger partial charge < -0.3 is 5.73 Å². The van der Waals surface area contributed by atoms with Crippen LogP contribution in [-0.4, -0.2) is 34.4 Å². The standard InChI is InChI=1S/C8H16N2S2/c1-3-10-8(9)7-6(2)11-4-5-12-7/h6-7H,3-5H2,1-2H3,(H2,9,10). The molecule has 0 radical (unpaired) electrons. The van der Waals surface area contributed by atoms with Gasteiger partial charge in [0.1, 0.15) is 5.84 Å². The third-order valence-corrected chi connectivity index (χ3v) is 4.94. The van der Waals surface area contributed by atoms with Gasteiger partial charge in [0.15, 0.2) is 0 Å². The molecule has 0 aromatic carbocycles. The van der Waals surface area contributed by atoms with E-state index in [0.717, 1.165) is 12.4 Å². The molecule has 1 fully saturated rings. The number of nitrogens with zero attached hydrogens (tertiary/aromatic N) is 1. The molecule has 1 rings (SSSR count). The maximum Gasteiger partial charge on any atom is 0.108 e. The molecule has 0 aromatic heterocycles. The second-order valence-corrected chi connectivity index (χ2v) is 5.50. The molecule has 12 heavy (non-hydrogen) atoms. The SMILES string of the molecule is CCN=C(N)C1SCCSC1C. The molecular formula is C8H16N2S2. The Balaban J connectivity index is 2.53. The maximum absolute atomic E-state index is 5.87. The van der Waals surface area contributed by atoms with Crippen LogP contribution in [0.3, 0.4) is 0 Å². The molecule has 1 saturated heterocycles. The first kappa shape index (κ1) is 10.3. The zero-order chi connectivity index (χ0) is 8.97. The van der Waals surface area contributed by atoms with Gasteiger partial charge in [-0.1, -0.05) is 6.92 Å². The van der Waals surface area contributed by atoms with Crippen molar-refractivity contribution in [2.24, 2.45) is 10.7 Å². The fourth-order valence-electron chi connectivity index (χ4n) is 1.23. The van der Waals surface area contributed by atoms with Gasteiger partial charge in [0.2, 0.25) is 0 Å². The quantitative estimate of drug-likeness (QED) is 0.548. The van der Waals surface area contributed by atoms with Crippen molar-refractivity contribution in [2.75, 3.05) is 18.1 Å². The zero-order valence-electron chi connectivity index (χ0n) is 7.62. The van der Waals surface area contributed by atoms with Gasteiger partial charge in [-0.3, -0.25) is 4.99 Å². The molecule has 2 atom stereocenters. The molecule has 0 aliphatic carbocycles. The molecule has 1 aliphatic heterocycles. The summed E-state index contributed by atoms with van der Waals surface area (Å²) in [5, 5.41) is 1.07. The molecule has 0 amide bonds. The predicted octanol–water partition coefficient (Wildman–Crippen LogP) is 1.60. The average molecular weight is 204 g/mol. The van der Waals surface area contributed by atoms with Crippen LogP contribution in [0.4, 0.5) is 0 Å². The molecule has 2 nitrogen and oxygen atoms in total. The maximum atomic E-state index is 5.87. The van der Waals surface area contributed by atoms with E-state index in [1.165, 1.54) is 11.5 Å². The molecule has 4 heteroatoms. The lowest BCUT2D eigenvalue weighted by molar-refractivity contribution is 0.989. The molecule has 70 valence electrons. The number of hydrogen-bond donors (Lipinski definition) is 1. The second kappa shape index (κ2) is 5.02. The first-order valence-electron chi connectivity index (χ1n) is 4.28. The van der Waals surface area contributed by atoms with E-state index in [4.69, 9.17) is 5.73 Å². The molecule has 0 bridgehead atoms. The van der Waals surface area contributed by atoms with Gasteiger partial charge in [0.05, 0.1) is 5.25 Å². The fourth-order valence-corrected chi connectivity index (χ4v) is 3.93. The van der Waals surface area contributed by atoms with Crippen LogP contribution in [0.1, 0.15) is 13.8 Å². The molecule has 0 saturated carbocycles. The van der Waals surface area contributed by atoms with Gasteiger partial charge in [-0.2, -0.15) is 11.8 Å². The second-order valence-electron chi connectivity index (χ2n) is 2.77. The van der Waals surface area contributed by atoms with Gasteiger partial charge in [0, 0.05) is 23.3 Å². The van der Waals surface area contributed by atoms with Gasteiger partial charge in [-0.25, -0.2) is 0 Å². The Bertz CT molecular complexity index is 170. The van der Waals surface area contributed by atoms with Crippen LogP contribution < -0.4 is 5.73 Å². The summed E-state index contributed by atoms with van der Waals surface area (Å²) in [6, 6.07) is 0. The Morgan fingerprint density at radius 1 is 1.50 bits per heavy atom. The van der Waals surface area contributed by atoms with E-state index in [1.54, 1.807) is 0 Å². The van der Waals surface area contributed by atoms with E-state index in [-0.39, 0.29) is 0 Å². The predicted molar refractivity (Wildman–Crippen MR) is 60.3 cm³/mol. The van der Waals surface area contributed by atoms with E-state index in [0.29, 0.717) is 10.5 Å². The first-order valence-corrected chi connectivity index (χ1v) is 6.38. The molecule has 1 heterocycles. The van der Waals surface area contributed by atoms with E-state index in [2.05, 4.69) is 11.9 Å². The summed E-state index contributed by atoms with van der Waals surface area (Å²) in [6.07, 6.45) is 0. The van der Waals surface area contributed by atoms with Crippen molar-refractivity contribution in [3.63, 3.8) is 0 Å². The van der Waals surface area contributed by atoms with Crippen molar-refractivity contribution in [2.45, 2.75) is 24.3 Å². The number of thioether (sulfide) groups is 2. The van der Waals surface area contributed by atoms with Gasteiger partial charge in [0.25, 0.3) is 0 Å². The van der Waals surface area contributed by atoms with Crippen molar-refractivity contribution >= 4 is 29.4 Å². The fraction of sp³-hybridized carbons (Fsp3) is 0.875. The van der Waals surface area contributed by atoms with Crippen LogP contribution >= 0.6 is 23.5 Å². The third kappa shape index (κ3) is 2.59. The Morgan fingerprint density at radius 2 is 2.17 bits per heavy atom. The summed E-state index contributed by atoms with van der Waals surface area (Å²) in [6.45, 7) is 5.07. The van der Waals surface area contributed by atoms with E-state index in [1.807, 2.05) is 30.4 Å². The van der Waals surface area contributed by atoms with Crippen LogP contribution in [0.2, 0.25) is 0 Å². The topological polar surface area (TPSA) is 38.4 Å². The highest BCUT2D eigenvalue weighted by atomic mass is 32.2. The number of amidine groups is 1. The lowest BCUT2D eigenvalue weighted by Crippen LogP contribution is -2.36. The highest BCUT2D eigenvalue weighted by molar-refractivity contribution is 8.07. The lowest BCUT2D eigenvalue weighted by Gasteiger charge is -2.27. The van der Waals surface area contributed by atoms with Crippen LogP contribution in [0.15, 0.2) is 4.99 Å². The number of hydrogen-bond acceptors (Lipinski definition) is 3. The minimum atomic E-state index is 0.448. The van der Waals surface area contributed by atoms with Crippen molar-refractivity contribution in [3.8, 4) is 0 Å². The third-order valence-electron chi connectivity index (χ3n) is 1.82. The highest BCUT2D eigenvalue weighted by Gasteiger charge is 2.25. The van der Waals surface area contributed by atoms with Crippen LogP contribution in [0.5, 0.6) is 0 Å². The summed E-state index contributed by atoms with van der Waals surface area (Å²) in [7, 11) is 0. The normalized spacial score (nSPS) is 32.0. The molecule has 2 unspecified atom stereocenters. The molecule has 2 N–H and O–H groups in total. The van der Waals surface area contributed by atoms with Gasteiger partial charge >= 0.3 is 0 Å². The summed E-state index contributed by atoms with van der Waals surface area (Å²) >= 11 is 3.94.